The Kier molecular flexibility index (Phi) is 22.9. The normalized spacial score (nSPS) is 22.5. The number of allylic oxidation sites excluding steroid dienone is 9. The zero-order valence-corrected chi connectivity index (χ0v) is 41.4. The van der Waals surface area contributed by atoms with Crippen LogP contribution in [0.3, 0.4) is 0 Å². The number of Topliss-reactive ketones (excluding diaryl/α,β-unsaturated/α-hetero) is 3. The van der Waals surface area contributed by atoms with Gasteiger partial charge in [-0.05, 0) is 64.0 Å². The minimum atomic E-state index is -3.22. The van der Waals surface area contributed by atoms with E-state index in [0.717, 1.165) is 21.5 Å². The lowest BCUT2D eigenvalue weighted by molar-refractivity contribution is -0.114. The first kappa shape index (κ1) is 55.4. The molecule has 2 atom stereocenters. The van der Waals surface area contributed by atoms with Crippen LogP contribution in [-0.2, 0) is 70.0 Å². The Labute approximate surface area is 370 Å². The highest BCUT2D eigenvalue weighted by Crippen LogP contribution is 2.29. The molecular formula is C42H60O12S6. The third-order valence-electron chi connectivity index (χ3n) is 8.65. The molecule has 0 bridgehead atoms. The van der Waals surface area contributed by atoms with Crippen LogP contribution < -0.4 is 0 Å². The van der Waals surface area contributed by atoms with Gasteiger partial charge in [-0.25, -0.2) is 16.8 Å². The third-order valence-corrected chi connectivity index (χ3v) is 16.8. The van der Waals surface area contributed by atoms with Crippen molar-refractivity contribution in [2.75, 3.05) is 34.5 Å². The summed E-state index contributed by atoms with van der Waals surface area (Å²) in [6, 6.07) is 0. The molecule has 0 saturated heterocycles. The van der Waals surface area contributed by atoms with Crippen molar-refractivity contribution in [2.45, 2.75) is 83.1 Å². The zero-order chi connectivity index (χ0) is 46.4. The van der Waals surface area contributed by atoms with Crippen molar-refractivity contribution in [1.29, 1.82) is 0 Å². The quantitative estimate of drug-likeness (QED) is 0.281. The van der Waals surface area contributed by atoms with Crippen LogP contribution in [0.1, 0.15) is 83.1 Å². The molecule has 18 heteroatoms. The van der Waals surface area contributed by atoms with Crippen LogP contribution in [0, 0.1) is 35.5 Å². The Morgan fingerprint density at radius 3 is 1.32 bits per heavy atom. The van der Waals surface area contributed by atoms with Gasteiger partial charge in [-0.3, -0.25) is 37.2 Å². The Hall–Kier alpha value is -2.64. The zero-order valence-electron chi connectivity index (χ0n) is 36.5. The molecule has 0 saturated carbocycles. The number of rotatable bonds is 6. The van der Waals surface area contributed by atoms with Crippen molar-refractivity contribution in [3.05, 3.63) is 65.9 Å². The van der Waals surface area contributed by atoms with E-state index >= 15 is 0 Å². The molecule has 60 heavy (non-hydrogen) atoms. The van der Waals surface area contributed by atoms with E-state index in [2.05, 4.69) is 27.7 Å². The second kappa shape index (κ2) is 24.9. The summed E-state index contributed by atoms with van der Waals surface area (Å²) >= 11 is 3.28. The van der Waals surface area contributed by atoms with Gasteiger partial charge in [0.25, 0.3) is 0 Å². The number of thioether (sulfide) groups is 2. The summed E-state index contributed by atoms with van der Waals surface area (Å²) in [7, 11) is -8.45. The lowest BCUT2D eigenvalue weighted by Crippen LogP contribution is -2.09. The van der Waals surface area contributed by atoms with Crippen LogP contribution in [0.2, 0.25) is 0 Å². The Bertz CT molecular complexity index is 2090. The molecule has 0 spiro atoms. The third kappa shape index (κ3) is 18.8. The second-order valence-electron chi connectivity index (χ2n) is 16.1. The molecule has 6 rings (SSSR count). The van der Waals surface area contributed by atoms with Gasteiger partial charge in [0.1, 0.15) is 11.5 Å². The number of hydrogen-bond acceptors (Lipinski definition) is 14. The van der Waals surface area contributed by atoms with E-state index in [1.165, 1.54) is 17.1 Å². The van der Waals surface area contributed by atoms with E-state index in [-0.39, 0.29) is 80.5 Å². The fourth-order valence-corrected chi connectivity index (χ4v) is 13.0. The number of hydrogen-bond donors (Lipinski definition) is 0. The average Bonchev–Trinajstić information content (AvgIpc) is 3.95. The number of carbonyl (C=O) groups excluding carboxylic acids is 6. The number of sulfone groups is 2. The van der Waals surface area contributed by atoms with Gasteiger partial charge in [0.15, 0.2) is 54.4 Å². The largest absolute Gasteiger partial charge is 0.294 e. The van der Waals surface area contributed by atoms with Gasteiger partial charge in [-0.15, -0.1) is 23.5 Å². The molecule has 6 aliphatic rings. The van der Waals surface area contributed by atoms with E-state index in [1.54, 1.807) is 48.9 Å². The Morgan fingerprint density at radius 1 is 0.550 bits per heavy atom. The van der Waals surface area contributed by atoms with Gasteiger partial charge in [0, 0.05) is 32.4 Å². The van der Waals surface area contributed by atoms with Crippen LogP contribution >= 0.6 is 23.5 Å². The lowest BCUT2D eigenvalue weighted by Gasteiger charge is -2.03. The van der Waals surface area contributed by atoms with E-state index < -0.39 is 41.3 Å². The fourth-order valence-electron chi connectivity index (χ4n) is 5.48. The van der Waals surface area contributed by atoms with E-state index in [9.17, 15) is 54.0 Å². The van der Waals surface area contributed by atoms with Crippen molar-refractivity contribution >= 4 is 99.5 Å². The van der Waals surface area contributed by atoms with Gasteiger partial charge in [-0.2, -0.15) is 0 Å². The standard InChI is InChI=1S/2C7H10O3S.2C7H10O2S.2C7H10OS/c1-5(2)6-3-11(9,10)4-7(6)8;1-5(2)7-3-6(8)4-11(7,9)10;1-5(2)6-3-10(9)4-7(6)8;1-5(2)7-3-6(8)4-10(7)9;1-5(2)6-3-9-4-7(6)8;1-5(2)7-3-6(8)4-9-7/h2*3,5H,4H2,1-2H3;2*3,5H,4H2,1-2H3;2*3,5H,4H2,1-2H3. The molecule has 2 unspecified atom stereocenters. The highest BCUT2D eigenvalue weighted by molar-refractivity contribution is 8.04. The first-order chi connectivity index (χ1) is 27.5. The Morgan fingerprint density at radius 2 is 1.12 bits per heavy atom. The predicted octanol–water partition coefficient (Wildman–Crippen LogP) is 6.45. The average molecular weight is 949 g/mol. The van der Waals surface area contributed by atoms with Gasteiger partial charge in [0.2, 0.25) is 0 Å². The van der Waals surface area contributed by atoms with Crippen molar-refractivity contribution < 1.29 is 54.0 Å². The van der Waals surface area contributed by atoms with E-state index in [1.807, 2.05) is 47.0 Å². The van der Waals surface area contributed by atoms with Crippen LogP contribution in [0.25, 0.3) is 0 Å². The second-order valence-corrected chi connectivity index (χ2v) is 24.6. The summed E-state index contributed by atoms with van der Waals surface area (Å²) in [4.78, 5) is 67.3. The summed E-state index contributed by atoms with van der Waals surface area (Å²) in [6.07, 6.45) is 4.51. The van der Waals surface area contributed by atoms with Crippen molar-refractivity contribution in [2.24, 2.45) is 35.5 Å². The van der Waals surface area contributed by atoms with Crippen LogP contribution in [0.15, 0.2) is 65.9 Å². The SMILES string of the molecule is CC(C)C1=CC(=O)CS1.CC(C)C1=CC(=O)CS1(=O)=O.CC(C)C1=CC(=O)CS1=O.CC(C)C1=CS(=O)(=O)CC1=O.CC(C)C1=CS(=O)CC1=O.CC(C)C1=CSCC1=O. The van der Waals surface area contributed by atoms with Crippen molar-refractivity contribution in [1.82, 2.24) is 0 Å². The molecule has 0 aliphatic carbocycles. The maximum atomic E-state index is 11.1. The molecular weight excluding hydrogens is 889 g/mol. The molecule has 0 aromatic rings. The molecule has 0 aromatic heterocycles. The monoisotopic (exact) mass is 948 g/mol. The topological polar surface area (TPSA) is 205 Å². The molecule has 0 amide bonds. The van der Waals surface area contributed by atoms with Gasteiger partial charge >= 0.3 is 0 Å². The predicted molar refractivity (Wildman–Crippen MR) is 246 cm³/mol. The maximum Gasteiger partial charge on any atom is 0.182 e. The smallest absolute Gasteiger partial charge is 0.182 e. The van der Waals surface area contributed by atoms with Gasteiger partial charge in [-0.1, -0.05) is 83.1 Å². The minimum Gasteiger partial charge on any atom is -0.294 e. The summed E-state index contributed by atoms with van der Waals surface area (Å²) < 4.78 is 65.8. The first-order valence-electron chi connectivity index (χ1n) is 19.4. The molecule has 336 valence electrons. The summed E-state index contributed by atoms with van der Waals surface area (Å²) in [5, 5.41) is 4.65. The van der Waals surface area contributed by atoms with Gasteiger partial charge in [0.05, 0.1) is 49.5 Å². The molecule has 0 fully saturated rings. The van der Waals surface area contributed by atoms with Crippen LogP contribution in [0.5, 0.6) is 0 Å². The molecule has 0 aromatic carbocycles. The summed E-state index contributed by atoms with van der Waals surface area (Å²) in [6.45, 7) is 23.2. The molecule has 6 aliphatic heterocycles. The molecule has 6 heterocycles. The molecule has 0 radical (unpaired) electrons. The molecule has 0 N–H and O–H groups in total. The van der Waals surface area contributed by atoms with E-state index in [4.69, 9.17) is 0 Å². The minimum absolute atomic E-state index is 0.00188. The van der Waals surface area contributed by atoms with Crippen LogP contribution in [0.4, 0.5) is 0 Å². The summed E-state index contributed by atoms with van der Waals surface area (Å²) in [5.41, 5.74) is 2.17. The van der Waals surface area contributed by atoms with Crippen molar-refractivity contribution in [3.8, 4) is 0 Å². The lowest BCUT2D eigenvalue weighted by atomic mass is 10.0. The highest BCUT2D eigenvalue weighted by Gasteiger charge is 2.30. The van der Waals surface area contributed by atoms with E-state index in [0.29, 0.717) is 34.7 Å². The van der Waals surface area contributed by atoms with Crippen molar-refractivity contribution in [3.63, 3.8) is 0 Å². The first-order valence-corrected chi connectivity index (χ1v) is 27.5. The number of ketones is 6. The van der Waals surface area contributed by atoms with Gasteiger partial charge < -0.3 is 0 Å². The summed E-state index contributed by atoms with van der Waals surface area (Å²) in [5.74, 6) is 2.48. The maximum absolute atomic E-state index is 11.1. The highest BCUT2D eigenvalue weighted by atomic mass is 32.2. The molecule has 12 nitrogen and oxygen atoms in total. The van der Waals surface area contributed by atoms with Crippen LogP contribution in [-0.4, -0.2) is 94.5 Å². The fraction of sp³-hybridized carbons (Fsp3) is 0.571. The Balaban J connectivity index is 0.000000361. The number of carbonyl (C=O) groups is 6.